The lowest BCUT2D eigenvalue weighted by Gasteiger charge is -2.26. The van der Waals surface area contributed by atoms with E-state index >= 15 is 0 Å². The number of hydrogen-bond acceptors (Lipinski definition) is 2. The van der Waals surface area contributed by atoms with Gasteiger partial charge in [0.2, 0.25) is 0 Å². The second kappa shape index (κ2) is 6.90. The Morgan fingerprint density at radius 2 is 2.06 bits per heavy atom. The second-order valence-electron chi connectivity index (χ2n) is 4.58. The molecule has 0 saturated carbocycles. The fraction of sp³-hybridized carbons (Fsp3) is 0.750. The molecular formula is C12H21Br2N3. The SMILES string of the molecule is Cc1nn(C)c(CN(CCCBr)C(C)C)c1Br. The van der Waals surface area contributed by atoms with Gasteiger partial charge >= 0.3 is 0 Å². The third-order valence-electron chi connectivity index (χ3n) is 2.92. The molecule has 0 N–H and O–H groups in total. The summed E-state index contributed by atoms with van der Waals surface area (Å²) in [4.78, 5) is 2.47. The number of rotatable bonds is 6. The molecule has 0 fully saturated rings. The highest BCUT2D eigenvalue weighted by molar-refractivity contribution is 9.10. The van der Waals surface area contributed by atoms with E-state index in [9.17, 15) is 0 Å². The molecule has 0 spiro atoms. The van der Waals surface area contributed by atoms with Crippen molar-refractivity contribution in [2.24, 2.45) is 7.05 Å². The predicted octanol–water partition coefficient (Wildman–Crippen LogP) is 3.49. The van der Waals surface area contributed by atoms with Crippen molar-refractivity contribution in [3.05, 3.63) is 15.9 Å². The summed E-state index contributed by atoms with van der Waals surface area (Å²) in [6.45, 7) is 8.57. The van der Waals surface area contributed by atoms with E-state index in [0.717, 1.165) is 28.6 Å². The van der Waals surface area contributed by atoms with Gasteiger partial charge in [0.15, 0.2) is 0 Å². The van der Waals surface area contributed by atoms with Crippen LogP contribution in [-0.2, 0) is 13.6 Å². The lowest BCUT2D eigenvalue weighted by molar-refractivity contribution is 0.208. The van der Waals surface area contributed by atoms with Crippen molar-refractivity contribution in [1.29, 1.82) is 0 Å². The zero-order chi connectivity index (χ0) is 13.0. The van der Waals surface area contributed by atoms with Crippen molar-refractivity contribution in [2.45, 2.75) is 39.8 Å². The zero-order valence-corrected chi connectivity index (χ0v) is 14.2. The van der Waals surface area contributed by atoms with Crippen molar-refractivity contribution >= 4 is 31.9 Å². The molecular weight excluding hydrogens is 346 g/mol. The van der Waals surface area contributed by atoms with Crippen molar-refractivity contribution < 1.29 is 0 Å². The third kappa shape index (κ3) is 4.07. The monoisotopic (exact) mass is 365 g/mol. The number of aryl methyl sites for hydroxylation is 2. The van der Waals surface area contributed by atoms with Crippen LogP contribution in [-0.4, -0.2) is 32.6 Å². The minimum atomic E-state index is 0.552. The Kier molecular flexibility index (Phi) is 6.17. The highest BCUT2D eigenvalue weighted by Gasteiger charge is 2.16. The van der Waals surface area contributed by atoms with E-state index in [1.54, 1.807) is 0 Å². The maximum absolute atomic E-state index is 4.44. The minimum Gasteiger partial charge on any atom is -0.295 e. The Labute approximate surface area is 121 Å². The molecule has 1 heterocycles. The Balaban J connectivity index is 2.78. The van der Waals surface area contributed by atoms with E-state index in [-0.39, 0.29) is 0 Å². The highest BCUT2D eigenvalue weighted by atomic mass is 79.9. The van der Waals surface area contributed by atoms with Crippen molar-refractivity contribution in [2.75, 3.05) is 11.9 Å². The Morgan fingerprint density at radius 3 is 2.47 bits per heavy atom. The zero-order valence-electron chi connectivity index (χ0n) is 11.0. The minimum absolute atomic E-state index is 0.552. The fourth-order valence-electron chi connectivity index (χ4n) is 1.83. The smallest absolute Gasteiger partial charge is 0.0739 e. The summed E-state index contributed by atoms with van der Waals surface area (Å²) < 4.78 is 3.12. The molecule has 5 heteroatoms. The lowest BCUT2D eigenvalue weighted by Crippen LogP contribution is -2.32. The van der Waals surface area contributed by atoms with Gasteiger partial charge in [-0.15, -0.1) is 0 Å². The van der Waals surface area contributed by atoms with Crippen LogP contribution < -0.4 is 0 Å². The number of halogens is 2. The summed E-state index contributed by atoms with van der Waals surface area (Å²) in [7, 11) is 2.01. The molecule has 98 valence electrons. The Hall–Kier alpha value is 0.130. The van der Waals surface area contributed by atoms with E-state index < -0.39 is 0 Å². The van der Waals surface area contributed by atoms with E-state index in [2.05, 4.69) is 55.7 Å². The van der Waals surface area contributed by atoms with Crippen LogP contribution in [0.3, 0.4) is 0 Å². The first-order chi connectivity index (χ1) is 7.97. The molecule has 0 bridgehead atoms. The first-order valence-electron chi connectivity index (χ1n) is 5.95. The number of alkyl halides is 1. The van der Waals surface area contributed by atoms with Crippen LogP contribution in [0.4, 0.5) is 0 Å². The molecule has 0 amide bonds. The van der Waals surface area contributed by atoms with Gasteiger partial charge in [-0.05, 0) is 49.7 Å². The Morgan fingerprint density at radius 1 is 1.41 bits per heavy atom. The molecule has 0 aromatic carbocycles. The van der Waals surface area contributed by atoms with Gasteiger partial charge in [0.05, 0.1) is 15.9 Å². The van der Waals surface area contributed by atoms with Crippen LogP contribution in [0.2, 0.25) is 0 Å². The molecule has 1 rings (SSSR count). The molecule has 0 unspecified atom stereocenters. The number of aromatic nitrogens is 2. The molecule has 0 saturated heterocycles. The summed E-state index contributed by atoms with van der Waals surface area (Å²) in [6.07, 6.45) is 1.17. The van der Waals surface area contributed by atoms with Crippen LogP contribution >= 0.6 is 31.9 Å². The topological polar surface area (TPSA) is 21.1 Å². The van der Waals surface area contributed by atoms with Gasteiger partial charge in [0.1, 0.15) is 0 Å². The first-order valence-corrected chi connectivity index (χ1v) is 7.86. The van der Waals surface area contributed by atoms with Crippen LogP contribution in [0.1, 0.15) is 31.7 Å². The standard InChI is InChI=1S/C12H21Br2N3/c1-9(2)17(7-5-6-13)8-11-12(14)10(3)15-16(11)4/h9H,5-8H2,1-4H3. The molecule has 0 radical (unpaired) electrons. The van der Waals surface area contributed by atoms with Gasteiger partial charge in [-0.3, -0.25) is 9.58 Å². The summed E-state index contributed by atoms with van der Waals surface area (Å²) in [6, 6.07) is 0.552. The van der Waals surface area contributed by atoms with Crippen molar-refractivity contribution in [3.8, 4) is 0 Å². The summed E-state index contributed by atoms with van der Waals surface area (Å²) in [5, 5.41) is 5.49. The van der Waals surface area contributed by atoms with Gasteiger partial charge in [0, 0.05) is 25.0 Å². The van der Waals surface area contributed by atoms with Crippen LogP contribution in [0.15, 0.2) is 4.47 Å². The third-order valence-corrected chi connectivity index (χ3v) is 4.52. The molecule has 3 nitrogen and oxygen atoms in total. The van der Waals surface area contributed by atoms with Crippen LogP contribution in [0.25, 0.3) is 0 Å². The average Bonchev–Trinajstić information content (AvgIpc) is 2.49. The largest absolute Gasteiger partial charge is 0.295 e. The molecule has 1 aromatic rings. The average molecular weight is 367 g/mol. The predicted molar refractivity (Wildman–Crippen MR) is 79.6 cm³/mol. The van der Waals surface area contributed by atoms with Crippen molar-refractivity contribution in [1.82, 2.24) is 14.7 Å². The molecule has 1 aromatic heterocycles. The summed E-state index contributed by atoms with van der Waals surface area (Å²) in [5.41, 5.74) is 2.32. The fourth-order valence-corrected chi connectivity index (χ4v) is 2.54. The van der Waals surface area contributed by atoms with Crippen LogP contribution in [0.5, 0.6) is 0 Å². The maximum Gasteiger partial charge on any atom is 0.0739 e. The highest BCUT2D eigenvalue weighted by Crippen LogP contribution is 2.22. The maximum atomic E-state index is 4.44. The van der Waals surface area contributed by atoms with E-state index in [0.29, 0.717) is 6.04 Å². The molecule has 17 heavy (non-hydrogen) atoms. The normalized spacial score (nSPS) is 11.8. The van der Waals surface area contributed by atoms with Gasteiger partial charge in [0.25, 0.3) is 0 Å². The Bertz CT molecular complexity index is 361. The van der Waals surface area contributed by atoms with E-state index in [1.165, 1.54) is 12.1 Å². The van der Waals surface area contributed by atoms with Gasteiger partial charge in [-0.25, -0.2) is 0 Å². The molecule has 0 aliphatic rings. The summed E-state index contributed by atoms with van der Waals surface area (Å²) >= 11 is 7.12. The molecule has 0 atom stereocenters. The number of hydrogen-bond donors (Lipinski definition) is 0. The summed E-state index contributed by atoms with van der Waals surface area (Å²) in [5.74, 6) is 0. The van der Waals surface area contributed by atoms with Gasteiger partial charge in [-0.2, -0.15) is 5.10 Å². The first kappa shape index (κ1) is 15.2. The van der Waals surface area contributed by atoms with E-state index in [1.807, 2.05) is 18.7 Å². The van der Waals surface area contributed by atoms with Gasteiger partial charge in [-0.1, -0.05) is 15.9 Å². The molecule has 0 aliphatic carbocycles. The second-order valence-corrected chi connectivity index (χ2v) is 6.16. The van der Waals surface area contributed by atoms with Gasteiger partial charge < -0.3 is 0 Å². The van der Waals surface area contributed by atoms with Crippen LogP contribution in [0, 0.1) is 6.92 Å². The molecule has 0 aliphatic heterocycles. The quantitative estimate of drug-likeness (QED) is 0.718. The van der Waals surface area contributed by atoms with Crippen molar-refractivity contribution in [3.63, 3.8) is 0 Å². The van der Waals surface area contributed by atoms with E-state index in [4.69, 9.17) is 0 Å². The number of nitrogens with zero attached hydrogens (tertiary/aromatic N) is 3. The lowest BCUT2D eigenvalue weighted by atomic mass is 10.2.